The van der Waals surface area contributed by atoms with Gasteiger partial charge < -0.3 is 9.84 Å². The Bertz CT molecular complexity index is 634. The van der Waals surface area contributed by atoms with Gasteiger partial charge in [0, 0.05) is 6.54 Å². The second kappa shape index (κ2) is 4.83. The van der Waals surface area contributed by atoms with E-state index in [0.717, 1.165) is 0 Å². The summed E-state index contributed by atoms with van der Waals surface area (Å²) in [6.07, 6.45) is 0. The Kier molecular flexibility index (Phi) is 3.61. The third kappa shape index (κ3) is 2.32. The summed E-state index contributed by atoms with van der Waals surface area (Å²) in [4.78, 5) is 10.9. The van der Waals surface area contributed by atoms with Gasteiger partial charge in [-0.15, -0.1) is 0 Å². The Hall–Kier alpha value is -1.45. The van der Waals surface area contributed by atoms with Crippen LogP contribution in [0.4, 0.5) is 0 Å². The van der Waals surface area contributed by atoms with Crippen LogP contribution in [0.5, 0.6) is 0 Å². The van der Waals surface area contributed by atoms with Crippen molar-refractivity contribution >= 4 is 16.0 Å². The fourth-order valence-electron chi connectivity index (χ4n) is 2.28. The number of H-pyrrole nitrogens is 1. The normalized spacial score (nSPS) is 19.9. The minimum atomic E-state index is -3.95. The molecule has 0 radical (unpaired) electrons. The Morgan fingerprint density at radius 3 is 2.70 bits per heavy atom. The zero-order valence-electron chi connectivity index (χ0n) is 11.5. The molecule has 0 atom stereocenters. The summed E-state index contributed by atoms with van der Waals surface area (Å²) in [6, 6.07) is 0. The average molecular weight is 303 g/mol. The van der Waals surface area contributed by atoms with Crippen molar-refractivity contribution in [1.82, 2.24) is 14.5 Å². The number of hydrogen-bond acceptors (Lipinski definition) is 5. The molecule has 0 saturated carbocycles. The monoisotopic (exact) mass is 303 g/mol. The third-order valence-electron chi connectivity index (χ3n) is 3.21. The van der Waals surface area contributed by atoms with E-state index in [1.165, 1.54) is 11.2 Å². The molecule has 2 heterocycles. The van der Waals surface area contributed by atoms with E-state index >= 15 is 0 Å². The predicted octanol–water partition coefficient (Wildman–Crippen LogP) is 0.216. The van der Waals surface area contributed by atoms with Crippen LogP contribution in [-0.4, -0.2) is 59.3 Å². The van der Waals surface area contributed by atoms with Crippen molar-refractivity contribution < 1.29 is 23.1 Å². The SMILES string of the molecule is Cc1[nH]nc(C(=O)O)c1S(=O)(=O)N1CCOCC1(C)C. The van der Waals surface area contributed by atoms with E-state index in [4.69, 9.17) is 9.84 Å². The van der Waals surface area contributed by atoms with Crippen molar-refractivity contribution in [3.63, 3.8) is 0 Å². The molecule has 0 unspecified atom stereocenters. The van der Waals surface area contributed by atoms with Gasteiger partial charge in [0.2, 0.25) is 10.0 Å². The largest absolute Gasteiger partial charge is 0.476 e. The van der Waals surface area contributed by atoms with Crippen LogP contribution in [-0.2, 0) is 14.8 Å². The zero-order chi connectivity index (χ0) is 15.1. The molecule has 1 aliphatic heterocycles. The second-order valence-electron chi connectivity index (χ2n) is 5.27. The number of morpholine rings is 1. The maximum atomic E-state index is 12.8. The van der Waals surface area contributed by atoms with Gasteiger partial charge >= 0.3 is 5.97 Å². The summed E-state index contributed by atoms with van der Waals surface area (Å²) in [5.41, 5.74) is -1.01. The van der Waals surface area contributed by atoms with Gasteiger partial charge in [-0.2, -0.15) is 9.40 Å². The Morgan fingerprint density at radius 2 is 2.15 bits per heavy atom. The summed E-state index contributed by atoms with van der Waals surface area (Å²) < 4.78 is 32.1. The van der Waals surface area contributed by atoms with Gasteiger partial charge in [0.1, 0.15) is 4.90 Å². The fraction of sp³-hybridized carbons (Fsp3) is 0.636. The van der Waals surface area contributed by atoms with Crippen LogP contribution >= 0.6 is 0 Å². The smallest absolute Gasteiger partial charge is 0.357 e. The first-order valence-electron chi connectivity index (χ1n) is 6.07. The molecule has 2 N–H and O–H groups in total. The van der Waals surface area contributed by atoms with Crippen LogP contribution in [0.1, 0.15) is 30.0 Å². The second-order valence-corrected chi connectivity index (χ2v) is 7.07. The molecule has 1 aliphatic rings. The average Bonchev–Trinajstić information content (AvgIpc) is 2.71. The number of sulfonamides is 1. The molecule has 1 saturated heterocycles. The molecule has 0 spiro atoms. The van der Waals surface area contributed by atoms with Gasteiger partial charge in [-0.3, -0.25) is 5.10 Å². The number of aromatic amines is 1. The van der Waals surface area contributed by atoms with Gasteiger partial charge in [0.15, 0.2) is 5.69 Å². The number of carboxylic acids is 1. The predicted molar refractivity (Wildman–Crippen MR) is 69.1 cm³/mol. The molecule has 0 aliphatic carbocycles. The molecular weight excluding hydrogens is 286 g/mol. The lowest BCUT2D eigenvalue weighted by molar-refractivity contribution is -0.00776. The molecule has 0 bridgehead atoms. The standard InChI is InChI=1S/C11H17N3O5S/c1-7-9(8(10(15)16)13-12-7)20(17,18)14-4-5-19-6-11(14,2)3/h4-6H2,1-3H3,(H,12,13)(H,15,16). The van der Waals surface area contributed by atoms with E-state index in [-0.39, 0.29) is 30.3 Å². The summed E-state index contributed by atoms with van der Waals surface area (Å²) in [5.74, 6) is -1.38. The van der Waals surface area contributed by atoms with E-state index in [9.17, 15) is 13.2 Å². The maximum absolute atomic E-state index is 12.8. The van der Waals surface area contributed by atoms with E-state index in [1.54, 1.807) is 13.8 Å². The van der Waals surface area contributed by atoms with Gasteiger partial charge in [-0.1, -0.05) is 0 Å². The van der Waals surface area contributed by atoms with Crippen LogP contribution in [0.15, 0.2) is 4.90 Å². The Labute approximate surface area is 116 Å². The minimum Gasteiger partial charge on any atom is -0.476 e. The number of hydrogen-bond donors (Lipinski definition) is 2. The van der Waals surface area contributed by atoms with Crippen LogP contribution < -0.4 is 0 Å². The topological polar surface area (TPSA) is 113 Å². The molecule has 9 heteroatoms. The molecule has 0 aromatic carbocycles. The summed E-state index contributed by atoms with van der Waals surface area (Å²) in [6.45, 7) is 5.67. The van der Waals surface area contributed by atoms with Crippen molar-refractivity contribution in [3.05, 3.63) is 11.4 Å². The lowest BCUT2D eigenvalue weighted by atomic mass is 10.1. The van der Waals surface area contributed by atoms with Crippen molar-refractivity contribution in [2.24, 2.45) is 0 Å². The number of aromatic nitrogens is 2. The van der Waals surface area contributed by atoms with Crippen molar-refractivity contribution in [2.45, 2.75) is 31.2 Å². The molecule has 112 valence electrons. The van der Waals surface area contributed by atoms with Gasteiger partial charge in [0.25, 0.3) is 0 Å². The van der Waals surface area contributed by atoms with E-state index in [2.05, 4.69) is 10.2 Å². The van der Waals surface area contributed by atoms with Crippen LogP contribution in [0.2, 0.25) is 0 Å². The number of nitrogens with one attached hydrogen (secondary N) is 1. The molecule has 1 fully saturated rings. The number of nitrogens with zero attached hydrogens (tertiary/aromatic N) is 2. The lowest BCUT2D eigenvalue weighted by Gasteiger charge is -2.40. The number of aryl methyl sites for hydroxylation is 1. The van der Waals surface area contributed by atoms with E-state index in [1.807, 2.05) is 0 Å². The Balaban J connectivity index is 2.56. The first-order valence-corrected chi connectivity index (χ1v) is 7.51. The molecule has 8 nitrogen and oxygen atoms in total. The number of carboxylic acid groups (broad SMARTS) is 1. The summed E-state index contributed by atoms with van der Waals surface area (Å²) in [7, 11) is -3.95. The highest BCUT2D eigenvalue weighted by atomic mass is 32.2. The lowest BCUT2D eigenvalue weighted by Crippen LogP contribution is -2.55. The molecule has 20 heavy (non-hydrogen) atoms. The number of carbonyl (C=O) groups is 1. The highest BCUT2D eigenvalue weighted by molar-refractivity contribution is 7.89. The zero-order valence-corrected chi connectivity index (χ0v) is 12.3. The number of ether oxygens (including phenoxy) is 1. The number of aromatic carboxylic acids is 1. The quantitative estimate of drug-likeness (QED) is 0.825. The van der Waals surface area contributed by atoms with E-state index < -0.39 is 27.2 Å². The van der Waals surface area contributed by atoms with Crippen LogP contribution in [0.25, 0.3) is 0 Å². The van der Waals surface area contributed by atoms with Crippen LogP contribution in [0, 0.1) is 6.92 Å². The fourth-order valence-corrected chi connectivity index (χ4v) is 4.33. The molecule has 2 rings (SSSR count). The highest BCUT2D eigenvalue weighted by Gasteiger charge is 2.42. The molecule has 1 aromatic heterocycles. The maximum Gasteiger partial charge on any atom is 0.357 e. The molecule has 0 amide bonds. The summed E-state index contributed by atoms with van der Waals surface area (Å²) >= 11 is 0. The number of rotatable bonds is 3. The summed E-state index contributed by atoms with van der Waals surface area (Å²) in [5, 5.41) is 15.1. The highest BCUT2D eigenvalue weighted by Crippen LogP contribution is 2.30. The first-order chi connectivity index (χ1) is 9.18. The van der Waals surface area contributed by atoms with Crippen molar-refractivity contribution in [1.29, 1.82) is 0 Å². The van der Waals surface area contributed by atoms with Gasteiger partial charge in [0.05, 0.1) is 24.4 Å². The molecule has 1 aromatic rings. The van der Waals surface area contributed by atoms with Crippen LogP contribution in [0.3, 0.4) is 0 Å². The minimum absolute atomic E-state index is 0.180. The van der Waals surface area contributed by atoms with Gasteiger partial charge in [-0.25, -0.2) is 13.2 Å². The third-order valence-corrected chi connectivity index (χ3v) is 5.48. The van der Waals surface area contributed by atoms with Crippen molar-refractivity contribution in [3.8, 4) is 0 Å². The van der Waals surface area contributed by atoms with Gasteiger partial charge in [-0.05, 0) is 20.8 Å². The Morgan fingerprint density at radius 1 is 1.50 bits per heavy atom. The molecular formula is C11H17N3O5S. The van der Waals surface area contributed by atoms with E-state index in [0.29, 0.717) is 0 Å². The first kappa shape index (κ1) is 14.9. The van der Waals surface area contributed by atoms with Crippen molar-refractivity contribution in [2.75, 3.05) is 19.8 Å².